The van der Waals surface area contributed by atoms with Gasteiger partial charge in [0.15, 0.2) is 0 Å². The highest BCUT2D eigenvalue weighted by Crippen LogP contribution is 2.35. The predicted molar refractivity (Wildman–Crippen MR) is 61.1 cm³/mol. The lowest BCUT2D eigenvalue weighted by atomic mass is 9.78. The summed E-state index contributed by atoms with van der Waals surface area (Å²) in [6.07, 6.45) is 5.61. The Morgan fingerprint density at radius 2 is 2.07 bits per heavy atom. The third kappa shape index (κ3) is 1.60. The van der Waals surface area contributed by atoms with E-state index < -0.39 is 0 Å². The fourth-order valence-corrected chi connectivity index (χ4v) is 2.27. The van der Waals surface area contributed by atoms with Crippen LogP contribution in [0.5, 0.6) is 0 Å². The standard InChI is InChI=1S/C13H17N/c1-10-6-7-11-4-2-3-5-13(11)12(10)8-9-14/h2-7,10,12H,8-9,14H2,1H3/t10-,12+/m0/s1. The molecule has 1 aromatic rings. The van der Waals surface area contributed by atoms with Crippen LogP contribution >= 0.6 is 0 Å². The van der Waals surface area contributed by atoms with Crippen molar-refractivity contribution in [3.63, 3.8) is 0 Å². The van der Waals surface area contributed by atoms with Crippen LogP contribution in [0.4, 0.5) is 0 Å². The summed E-state index contributed by atoms with van der Waals surface area (Å²) in [5.41, 5.74) is 8.49. The van der Waals surface area contributed by atoms with Gasteiger partial charge in [-0.3, -0.25) is 0 Å². The second kappa shape index (κ2) is 3.97. The Morgan fingerprint density at radius 3 is 2.86 bits per heavy atom. The van der Waals surface area contributed by atoms with Crippen molar-refractivity contribution in [2.24, 2.45) is 11.7 Å². The summed E-state index contributed by atoms with van der Waals surface area (Å²) in [7, 11) is 0. The first-order valence-corrected chi connectivity index (χ1v) is 5.30. The van der Waals surface area contributed by atoms with Crippen LogP contribution in [0.25, 0.3) is 6.08 Å². The Balaban J connectivity index is 2.37. The Bertz CT molecular complexity index is 341. The lowest BCUT2D eigenvalue weighted by Crippen LogP contribution is -2.16. The third-order valence-corrected chi connectivity index (χ3v) is 3.09. The number of hydrogen-bond acceptors (Lipinski definition) is 1. The molecule has 0 saturated heterocycles. The van der Waals surface area contributed by atoms with Gasteiger partial charge in [0.1, 0.15) is 0 Å². The molecule has 2 N–H and O–H groups in total. The van der Waals surface area contributed by atoms with Crippen molar-refractivity contribution in [2.75, 3.05) is 6.54 Å². The van der Waals surface area contributed by atoms with Crippen molar-refractivity contribution in [2.45, 2.75) is 19.3 Å². The number of nitrogens with two attached hydrogens (primary N) is 1. The number of benzene rings is 1. The third-order valence-electron chi connectivity index (χ3n) is 3.09. The molecule has 0 fully saturated rings. The Labute approximate surface area is 85.6 Å². The smallest absolute Gasteiger partial charge is 0.00712 e. The van der Waals surface area contributed by atoms with Crippen molar-refractivity contribution in [3.05, 3.63) is 41.5 Å². The Morgan fingerprint density at radius 1 is 1.29 bits per heavy atom. The SMILES string of the molecule is C[C@H]1C=Cc2ccccc2[C@@H]1CCN. The quantitative estimate of drug-likeness (QED) is 0.757. The average molecular weight is 187 g/mol. The van der Waals surface area contributed by atoms with Gasteiger partial charge in [-0.05, 0) is 35.9 Å². The van der Waals surface area contributed by atoms with E-state index in [9.17, 15) is 0 Å². The summed E-state index contributed by atoms with van der Waals surface area (Å²) in [5, 5.41) is 0. The number of hydrogen-bond donors (Lipinski definition) is 1. The molecule has 0 unspecified atom stereocenters. The molecule has 2 atom stereocenters. The molecule has 1 heteroatoms. The highest BCUT2D eigenvalue weighted by atomic mass is 14.5. The van der Waals surface area contributed by atoms with Gasteiger partial charge in [0.05, 0.1) is 0 Å². The Hall–Kier alpha value is -1.08. The summed E-state index contributed by atoms with van der Waals surface area (Å²) >= 11 is 0. The monoisotopic (exact) mass is 187 g/mol. The first-order chi connectivity index (χ1) is 6.83. The van der Waals surface area contributed by atoms with Gasteiger partial charge in [0.25, 0.3) is 0 Å². The minimum Gasteiger partial charge on any atom is -0.330 e. The van der Waals surface area contributed by atoms with E-state index in [2.05, 4.69) is 43.3 Å². The van der Waals surface area contributed by atoms with Gasteiger partial charge < -0.3 is 5.73 Å². The van der Waals surface area contributed by atoms with Crippen molar-refractivity contribution in [3.8, 4) is 0 Å². The molecule has 1 aliphatic rings. The molecule has 0 saturated carbocycles. The van der Waals surface area contributed by atoms with E-state index in [0.717, 1.165) is 13.0 Å². The number of rotatable bonds is 2. The molecule has 1 aromatic carbocycles. The molecule has 0 spiro atoms. The van der Waals surface area contributed by atoms with Crippen LogP contribution in [0.3, 0.4) is 0 Å². The van der Waals surface area contributed by atoms with Crippen molar-refractivity contribution >= 4 is 6.08 Å². The maximum Gasteiger partial charge on any atom is -0.00712 e. The van der Waals surface area contributed by atoms with E-state index in [0.29, 0.717) is 11.8 Å². The molecule has 1 aliphatic carbocycles. The van der Waals surface area contributed by atoms with Gasteiger partial charge in [-0.25, -0.2) is 0 Å². The van der Waals surface area contributed by atoms with Crippen LogP contribution in [-0.4, -0.2) is 6.54 Å². The van der Waals surface area contributed by atoms with Crippen LogP contribution in [0.15, 0.2) is 30.3 Å². The second-order valence-corrected chi connectivity index (χ2v) is 4.03. The summed E-state index contributed by atoms with van der Waals surface area (Å²) in [6.45, 7) is 3.05. The van der Waals surface area contributed by atoms with Crippen LogP contribution < -0.4 is 5.73 Å². The molecule has 1 nitrogen and oxygen atoms in total. The molecular weight excluding hydrogens is 170 g/mol. The zero-order valence-electron chi connectivity index (χ0n) is 8.61. The molecule has 0 aliphatic heterocycles. The normalized spacial score (nSPS) is 24.7. The molecule has 2 rings (SSSR count). The maximum atomic E-state index is 5.65. The topological polar surface area (TPSA) is 26.0 Å². The first-order valence-electron chi connectivity index (χ1n) is 5.30. The van der Waals surface area contributed by atoms with Crippen LogP contribution in [0.2, 0.25) is 0 Å². The van der Waals surface area contributed by atoms with E-state index in [1.807, 2.05) is 0 Å². The fourth-order valence-electron chi connectivity index (χ4n) is 2.27. The molecule has 0 bridgehead atoms. The van der Waals surface area contributed by atoms with E-state index in [-0.39, 0.29) is 0 Å². The minimum absolute atomic E-state index is 0.612. The van der Waals surface area contributed by atoms with Crippen molar-refractivity contribution < 1.29 is 0 Å². The van der Waals surface area contributed by atoms with E-state index >= 15 is 0 Å². The predicted octanol–water partition coefficient (Wildman–Crippen LogP) is 2.78. The molecule has 74 valence electrons. The number of allylic oxidation sites excluding steroid dienone is 1. The zero-order valence-corrected chi connectivity index (χ0v) is 8.61. The molecule has 0 aromatic heterocycles. The van der Waals surface area contributed by atoms with Gasteiger partial charge in [-0.2, -0.15) is 0 Å². The van der Waals surface area contributed by atoms with Gasteiger partial charge in [-0.15, -0.1) is 0 Å². The maximum absolute atomic E-state index is 5.65. The summed E-state index contributed by atoms with van der Waals surface area (Å²) in [6, 6.07) is 8.63. The molecular formula is C13H17N. The second-order valence-electron chi connectivity index (χ2n) is 4.03. The average Bonchev–Trinajstić information content (AvgIpc) is 2.23. The lowest BCUT2D eigenvalue weighted by Gasteiger charge is -2.26. The molecule has 0 amide bonds. The zero-order chi connectivity index (χ0) is 9.97. The fraction of sp³-hybridized carbons (Fsp3) is 0.385. The lowest BCUT2D eigenvalue weighted by molar-refractivity contribution is 0.511. The van der Waals surface area contributed by atoms with E-state index in [1.165, 1.54) is 11.1 Å². The first kappa shape index (κ1) is 9.47. The number of fused-ring (bicyclic) bond motifs is 1. The van der Waals surface area contributed by atoms with E-state index in [1.54, 1.807) is 0 Å². The van der Waals surface area contributed by atoms with Gasteiger partial charge in [-0.1, -0.05) is 43.3 Å². The highest BCUT2D eigenvalue weighted by molar-refractivity contribution is 5.58. The molecule has 0 heterocycles. The summed E-state index contributed by atoms with van der Waals surface area (Å²) in [4.78, 5) is 0. The van der Waals surface area contributed by atoms with E-state index in [4.69, 9.17) is 5.73 Å². The molecule has 0 radical (unpaired) electrons. The minimum atomic E-state index is 0.612. The van der Waals surface area contributed by atoms with Crippen LogP contribution in [-0.2, 0) is 0 Å². The van der Waals surface area contributed by atoms with Gasteiger partial charge in [0, 0.05) is 0 Å². The van der Waals surface area contributed by atoms with Crippen LogP contribution in [0, 0.1) is 5.92 Å². The van der Waals surface area contributed by atoms with Crippen LogP contribution in [0.1, 0.15) is 30.4 Å². The van der Waals surface area contributed by atoms with Gasteiger partial charge in [0.2, 0.25) is 0 Å². The molecule has 14 heavy (non-hydrogen) atoms. The largest absolute Gasteiger partial charge is 0.330 e. The van der Waals surface area contributed by atoms with Crippen molar-refractivity contribution in [1.82, 2.24) is 0 Å². The summed E-state index contributed by atoms with van der Waals surface area (Å²) < 4.78 is 0. The Kier molecular flexibility index (Phi) is 2.69. The highest BCUT2D eigenvalue weighted by Gasteiger charge is 2.21. The van der Waals surface area contributed by atoms with Gasteiger partial charge >= 0.3 is 0 Å². The van der Waals surface area contributed by atoms with Crippen molar-refractivity contribution in [1.29, 1.82) is 0 Å². The summed E-state index contributed by atoms with van der Waals surface area (Å²) in [5.74, 6) is 1.23.